The van der Waals surface area contributed by atoms with Crippen LogP contribution in [0.25, 0.3) is 27.7 Å². The molecule has 1 N–H and O–H groups in total. The predicted molar refractivity (Wildman–Crippen MR) is 125 cm³/mol. The number of hydrogen-bond donors (Lipinski definition) is 1. The fourth-order valence-electron chi connectivity index (χ4n) is 4.78. The summed E-state index contributed by atoms with van der Waals surface area (Å²) in [6.07, 6.45) is -1.71. The number of ether oxygens (including phenoxy) is 2. The van der Waals surface area contributed by atoms with E-state index in [2.05, 4.69) is 30.6 Å². The molecule has 6 rings (SSSR count). The van der Waals surface area contributed by atoms with Gasteiger partial charge in [0, 0.05) is 24.8 Å². The third kappa shape index (κ3) is 4.11. The number of methoxy groups -OCH3 is 1. The molecule has 2 aliphatic heterocycles. The minimum absolute atomic E-state index is 0.0200. The lowest BCUT2D eigenvalue weighted by molar-refractivity contribution is -0.0794. The van der Waals surface area contributed by atoms with Crippen LogP contribution in [0, 0.1) is 0 Å². The second kappa shape index (κ2) is 9.21. The van der Waals surface area contributed by atoms with E-state index < -0.39 is 32.2 Å². The Morgan fingerprint density at radius 2 is 2.19 bits per heavy atom. The number of aromatic nitrogens is 6. The van der Waals surface area contributed by atoms with Gasteiger partial charge >= 0.3 is 0 Å². The van der Waals surface area contributed by atoms with Crippen LogP contribution >= 0.6 is 0 Å². The molecule has 0 saturated carbocycles. The summed E-state index contributed by atoms with van der Waals surface area (Å²) in [4.78, 5) is 6.38. The number of hydrogen-bond acceptors (Lipinski definition) is 8. The van der Waals surface area contributed by atoms with E-state index in [9.17, 15) is 8.78 Å². The molecule has 36 heavy (non-hydrogen) atoms. The van der Waals surface area contributed by atoms with E-state index >= 15 is 4.39 Å². The van der Waals surface area contributed by atoms with Crippen LogP contribution in [-0.2, 0) is 11.3 Å². The van der Waals surface area contributed by atoms with Gasteiger partial charge < -0.3 is 14.8 Å². The Balaban J connectivity index is 1.33. The van der Waals surface area contributed by atoms with Crippen molar-refractivity contribution in [3.8, 4) is 17.0 Å². The number of nitrogens with zero attached hydrogens (tertiary/aromatic N) is 7. The molecule has 2 atom stereocenters. The first-order valence-corrected chi connectivity index (χ1v) is 11.6. The molecule has 2 aliphatic rings. The third-order valence-electron chi connectivity index (χ3n) is 6.74. The zero-order valence-corrected chi connectivity index (χ0v) is 19.0. The highest BCUT2D eigenvalue weighted by molar-refractivity contribution is 5.89. The Morgan fingerprint density at radius 3 is 2.94 bits per heavy atom. The maximum absolute atomic E-state index is 15.0. The lowest BCUT2D eigenvalue weighted by atomic mass is 10.0. The Hall–Kier alpha value is -3.45. The summed E-state index contributed by atoms with van der Waals surface area (Å²) in [5.41, 5.74) is 2.14. The molecule has 10 nitrogen and oxygen atoms in total. The van der Waals surface area contributed by atoms with Gasteiger partial charge in [0.05, 0.1) is 42.0 Å². The van der Waals surface area contributed by atoms with Crippen molar-refractivity contribution in [2.75, 3.05) is 38.7 Å². The van der Waals surface area contributed by atoms with Gasteiger partial charge in [0.15, 0.2) is 0 Å². The molecule has 5 heterocycles. The number of halogens is 3. The number of nitrogens with one attached hydrogen (secondary N) is 1. The predicted octanol–water partition coefficient (Wildman–Crippen LogP) is 2.64. The maximum Gasteiger partial charge on any atom is 0.258 e. The first-order valence-electron chi connectivity index (χ1n) is 13.1. The molecule has 2 saturated heterocycles. The van der Waals surface area contributed by atoms with Crippen LogP contribution < -0.4 is 10.1 Å². The van der Waals surface area contributed by atoms with Crippen LogP contribution in [0.3, 0.4) is 0 Å². The van der Waals surface area contributed by atoms with Crippen molar-refractivity contribution in [3.05, 3.63) is 30.5 Å². The van der Waals surface area contributed by atoms with Crippen molar-refractivity contribution < 1.29 is 26.8 Å². The number of alkyl halides is 3. The zero-order chi connectivity index (χ0) is 27.3. The highest BCUT2D eigenvalue weighted by Crippen LogP contribution is 2.33. The highest BCUT2D eigenvalue weighted by atomic mass is 19.3. The first-order chi connectivity index (χ1) is 18.6. The molecule has 0 aliphatic carbocycles. The third-order valence-corrected chi connectivity index (χ3v) is 6.74. The Labute approximate surface area is 208 Å². The minimum atomic E-state index is -2.82. The molecule has 0 spiro atoms. The van der Waals surface area contributed by atoms with Crippen molar-refractivity contribution in [2.24, 2.45) is 0 Å². The first kappa shape index (κ1) is 19.7. The van der Waals surface area contributed by atoms with Crippen LogP contribution in [0.1, 0.15) is 10.5 Å². The highest BCUT2D eigenvalue weighted by Gasteiger charge is 2.35. The standard InChI is InChI=1S/C23H25F3N8O2/c1-35-22-21-15(13-2-3-18-19(8-13)34(31-29-18)10-20(25)26)4-7-33(21)30-23(28-22)27-17-5-6-32(9-16(17)24)14-11-36-12-14/h2-4,7-8,14,16-17,20H,5-6,9-12H2,1H3,(H,27,30)/t16-,17-/m0/s1/i1D3. The lowest BCUT2D eigenvalue weighted by Gasteiger charge is -2.42. The number of piperidine rings is 1. The zero-order valence-electron chi connectivity index (χ0n) is 22.0. The minimum Gasteiger partial charge on any atom is -0.479 e. The SMILES string of the molecule is [2H]C([2H])([2H])Oc1nc(N[C@H]2CCN(C3COC3)C[C@@H]2F)nn2ccc(-c3ccc4nnn(CC(F)F)c4c3)c12. The van der Waals surface area contributed by atoms with Gasteiger partial charge in [-0.05, 0) is 30.2 Å². The fraction of sp³-hybridized carbons (Fsp3) is 0.478. The van der Waals surface area contributed by atoms with E-state index in [1.54, 1.807) is 30.5 Å². The number of fused-ring (bicyclic) bond motifs is 2. The van der Waals surface area contributed by atoms with E-state index in [0.717, 1.165) is 4.68 Å². The Morgan fingerprint density at radius 1 is 1.31 bits per heavy atom. The monoisotopic (exact) mass is 505 g/mol. The number of rotatable bonds is 7. The molecule has 0 amide bonds. The lowest BCUT2D eigenvalue weighted by Crippen LogP contribution is -2.57. The van der Waals surface area contributed by atoms with E-state index in [0.29, 0.717) is 48.3 Å². The van der Waals surface area contributed by atoms with E-state index in [1.165, 1.54) is 4.52 Å². The van der Waals surface area contributed by atoms with Gasteiger partial charge in [-0.1, -0.05) is 11.3 Å². The van der Waals surface area contributed by atoms with Gasteiger partial charge in [-0.25, -0.2) is 22.4 Å². The topological polar surface area (TPSA) is 94.6 Å². The van der Waals surface area contributed by atoms with E-state index in [-0.39, 0.29) is 29.9 Å². The van der Waals surface area contributed by atoms with Crippen molar-refractivity contribution >= 4 is 22.5 Å². The average molecular weight is 506 g/mol. The van der Waals surface area contributed by atoms with Crippen molar-refractivity contribution in [1.82, 2.24) is 34.5 Å². The summed E-state index contributed by atoms with van der Waals surface area (Å²) < 4.78 is 77.0. The Bertz CT molecular complexity index is 1490. The summed E-state index contributed by atoms with van der Waals surface area (Å²) in [6.45, 7) is 1.52. The van der Waals surface area contributed by atoms with Gasteiger partial charge in [-0.2, -0.15) is 4.98 Å². The van der Waals surface area contributed by atoms with Gasteiger partial charge in [0.2, 0.25) is 11.8 Å². The van der Waals surface area contributed by atoms with E-state index in [4.69, 9.17) is 13.6 Å². The van der Waals surface area contributed by atoms with Gasteiger partial charge in [-0.3, -0.25) is 4.90 Å². The van der Waals surface area contributed by atoms with Crippen LogP contribution in [0.5, 0.6) is 5.88 Å². The fourth-order valence-corrected chi connectivity index (χ4v) is 4.78. The van der Waals surface area contributed by atoms with Gasteiger partial charge in [-0.15, -0.1) is 10.2 Å². The molecule has 0 radical (unpaired) electrons. The molecule has 4 aromatic rings. The summed E-state index contributed by atoms with van der Waals surface area (Å²) in [6, 6.07) is 6.32. The summed E-state index contributed by atoms with van der Waals surface area (Å²) in [5.74, 6) is -0.210. The molecule has 13 heteroatoms. The summed E-state index contributed by atoms with van der Waals surface area (Å²) in [7, 11) is -2.82. The molecule has 1 aromatic carbocycles. The number of anilines is 1. The molecular formula is C23H25F3N8O2. The molecule has 190 valence electrons. The second-order valence-corrected chi connectivity index (χ2v) is 8.97. The summed E-state index contributed by atoms with van der Waals surface area (Å²) in [5, 5.41) is 15.2. The molecular weight excluding hydrogens is 477 g/mol. The van der Waals surface area contributed by atoms with Crippen LogP contribution in [0.15, 0.2) is 30.5 Å². The second-order valence-electron chi connectivity index (χ2n) is 8.97. The molecule has 0 unspecified atom stereocenters. The molecule has 3 aromatic heterocycles. The van der Waals surface area contributed by atoms with Crippen molar-refractivity contribution in [3.63, 3.8) is 0 Å². The van der Waals surface area contributed by atoms with Crippen LogP contribution in [-0.4, -0.2) is 92.5 Å². The quantitative estimate of drug-likeness (QED) is 0.410. The largest absolute Gasteiger partial charge is 0.479 e. The number of likely N-dealkylation sites (tertiary alicyclic amines) is 1. The van der Waals surface area contributed by atoms with Crippen LogP contribution in [0.2, 0.25) is 0 Å². The molecule has 0 bridgehead atoms. The van der Waals surface area contributed by atoms with Gasteiger partial charge in [0.1, 0.15) is 23.7 Å². The van der Waals surface area contributed by atoms with Gasteiger partial charge in [0.25, 0.3) is 6.43 Å². The summed E-state index contributed by atoms with van der Waals surface area (Å²) >= 11 is 0. The van der Waals surface area contributed by atoms with Crippen molar-refractivity contribution in [1.29, 1.82) is 0 Å². The van der Waals surface area contributed by atoms with Crippen molar-refractivity contribution in [2.45, 2.75) is 37.6 Å². The average Bonchev–Trinajstić information content (AvgIpc) is 3.42. The maximum atomic E-state index is 15.0. The smallest absolute Gasteiger partial charge is 0.258 e. The Kier molecular flexibility index (Phi) is 5.04. The molecule has 2 fully saturated rings. The van der Waals surface area contributed by atoms with E-state index in [1.807, 2.05) is 0 Å². The normalized spacial score (nSPS) is 22.9. The van der Waals surface area contributed by atoms with Crippen LogP contribution in [0.4, 0.5) is 19.1 Å². The number of benzene rings is 1.